The van der Waals surface area contributed by atoms with Crippen LogP contribution < -0.4 is 9.80 Å². The van der Waals surface area contributed by atoms with Crippen LogP contribution in [0.3, 0.4) is 0 Å². The molecule has 0 saturated carbocycles. The van der Waals surface area contributed by atoms with Crippen molar-refractivity contribution in [1.29, 1.82) is 0 Å². The first-order valence-electron chi connectivity index (χ1n) is 39.5. The number of fused-ring (bicyclic) bond motifs is 28. The van der Waals surface area contributed by atoms with E-state index < -0.39 is 10.8 Å². The van der Waals surface area contributed by atoms with Crippen molar-refractivity contribution in [3.8, 4) is 33.6 Å². The van der Waals surface area contributed by atoms with Crippen molar-refractivity contribution >= 4 is 89.5 Å². The molecule has 3 aliphatic carbocycles. The number of nitrogens with zero attached hydrogens (tertiary/aromatic N) is 4. The quantitative estimate of drug-likeness (QED) is 0.165. The topological polar surface area (TPSA) is 16.3 Å². The minimum absolute atomic E-state index is 0.0933. The SMILES string of the molecule is CC1(C)c2ccccc2-c2ccc(N(c3ccccc3)c3ccc4c(c3)C(C)(C)c3ccccc3C43c4ccccc4-n4c5ccccc5c5cccc3c54)cc21.CC1(C)c2ccccc2-c2ccc(N(c3ccccc3)c3ccc4c(c3)Sc3ccccc3C43c4ccccc4-n4c5ccccc5c5cccc3c54)cc21. The number of hydrogen-bond acceptors (Lipinski definition) is 3. The summed E-state index contributed by atoms with van der Waals surface area (Å²) in [5.74, 6) is 0. The number of para-hydroxylation sites is 8. The molecule has 532 valence electrons. The third kappa shape index (κ3) is 8.58. The van der Waals surface area contributed by atoms with Gasteiger partial charge >= 0.3 is 0 Å². The van der Waals surface area contributed by atoms with Crippen LogP contribution in [-0.2, 0) is 27.1 Å². The Hall–Kier alpha value is -12.9. The zero-order valence-corrected chi connectivity index (χ0v) is 64.2. The molecule has 0 fully saturated rings. The van der Waals surface area contributed by atoms with Crippen LogP contribution in [0.1, 0.15) is 119 Å². The lowest BCUT2D eigenvalue weighted by molar-refractivity contribution is 0.556. The van der Waals surface area contributed by atoms with Crippen molar-refractivity contribution in [2.24, 2.45) is 0 Å². The summed E-state index contributed by atoms with van der Waals surface area (Å²) < 4.78 is 5.05. The normalized spacial score (nSPS) is 17.1. The number of benzene rings is 16. The summed E-state index contributed by atoms with van der Waals surface area (Å²) in [5.41, 5.74) is 37.3. The molecular weight excluding hydrogens is 1370 g/mol. The Labute approximate surface area is 657 Å². The van der Waals surface area contributed by atoms with Crippen LogP contribution in [0, 0.1) is 0 Å². The first-order valence-corrected chi connectivity index (χ1v) is 40.3. The Bertz CT molecular complexity index is 7050. The molecular formula is C107H78N4S. The molecule has 6 aliphatic rings. The van der Waals surface area contributed by atoms with Gasteiger partial charge in [-0.15, -0.1) is 0 Å². The van der Waals surface area contributed by atoms with Crippen molar-refractivity contribution in [1.82, 2.24) is 9.13 Å². The molecule has 2 spiro atoms. The standard InChI is InChI=1S/C55H42N2.C52H36N2S/c1-53(2)42-22-10-8-19-38(42)39-31-29-36(33-48(39)53)56(35-17-6-5-7-18-35)37-30-32-45-49(34-37)54(3,4)43-23-11-12-24-44(43)55(45)46-25-13-15-28-51(46)57-50-27-14-9-20-40(50)41-21-16-26-47(55)52(41)57;1-51(2)40-20-8-6-17-36(40)37-29-27-34(31-45(37)51)53(33-15-4-3-5-16-33)35-28-30-43-49(32-35)55-48-26-13-10-22-42(48)52(43)41-21-9-12-25-47(41)54-46-24-11-7-18-38(46)39-19-14-23-44(52)50(39)54/h5-34H,1-4H3;3-32H,1-2H3. The Morgan fingerprint density at radius 2 is 0.554 bits per heavy atom. The fourth-order valence-electron chi connectivity index (χ4n) is 21.6. The van der Waals surface area contributed by atoms with E-state index in [1.165, 1.54) is 176 Å². The maximum atomic E-state index is 2.53. The van der Waals surface area contributed by atoms with E-state index in [-0.39, 0.29) is 16.2 Å². The van der Waals surface area contributed by atoms with Crippen LogP contribution in [0.4, 0.5) is 34.1 Å². The van der Waals surface area contributed by atoms with Gasteiger partial charge in [0.1, 0.15) is 0 Å². The highest BCUT2D eigenvalue weighted by Gasteiger charge is 2.54. The average Bonchev–Trinajstić information content (AvgIpc) is 1.22. The van der Waals surface area contributed by atoms with Crippen molar-refractivity contribution in [3.63, 3.8) is 0 Å². The summed E-state index contributed by atoms with van der Waals surface area (Å²) in [7, 11) is 0. The maximum Gasteiger partial charge on any atom is 0.0764 e. The molecule has 0 radical (unpaired) electrons. The molecule has 2 unspecified atom stereocenters. The minimum Gasteiger partial charge on any atom is -0.310 e. The molecule has 0 N–H and O–H groups in total. The smallest absolute Gasteiger partial charge is 0.0764 e. The first kappa shape index (κ1) is 65.0. The van der Waals surface area contributed by atoms with E-state index >= 15 is 0 Å². The fraction of sp³-hybridized carbons (Fsp3) is 0.103. The second-order valence-corrected chi connectivity index (χ2v) is 34.0. The molecule has 5 heteroatoms. The van der Waals surface area contributed by atoms with Crippen LogP contribution in [0.5, 0.6) is 0 Å². The lowest BCUT2D eigenvalue weighted by Gasteiger charge is -2.50. The molecule has 24 rings (SSSR count). The van der Waals surface area contributed by atoms with E-state index in [2.05, 4.69) is 424 Å². The Morgan fingerprint density at radius 1 is 0.214 bits per heavy atom. The van der Waals surface area contributed by atoms with Crippen molar-refractivity contribution < 1.29 is 0 Å². The summed E-state index contributed by atoms with van der Waals surface area (Å²) in [4.78, 5) is 7.49. The minimum atomic E-state index is -0.526. The van der Waals surface area contributed by atoms with Crippen LogP contribution >= 0.6 is 11.8 Å². The zero-order valence-electron chi connectivity index (χ0n) is 63.3. The summed E-state index contributed by atoms with van der Waals surface area (Å²) in [6.45, 7) is 14.3. The fourth-order valence-corrected chi connectivity index (χ4v) is 22.8. The Balaban J connectivity index is 0.000000134. The van der Waals surface area contributed by atoms with E-state index in [9.17, 15) is 0 Å². The van der Waals surface area contributed by atoms with E-state index in [1.807, 2.05) is 11.8 Å². The molecule has 0 saturated heterocycles. The predicted octanol–water partition coefficient (Wildman–Crippen LogP) is 27.6. The maximum absolute atomic E-state index is 2.53. The van der Waals surface area contributed by atoms with Crippen LogP contribution in [0.2, 0.25) is 0 Å². The van der Waals surface area contributed by atoms with E-state index in [1.54, 1.807) is 0 Å². The van der Waals surface area contributed by atoms with Crippen molar-refractivity contribution in [3.05, 3.63) is 442 Å². The molecule has 0 bridgehead atoms. The van der Waals surface area contributed by atoms with Crippen molar-refractivity contribution in [2.45, 2.75) is 78.4 Å². The monoisotopic (exact) mass is 1450 g/mol. The summed E-state index contributed by atoms with van der Waals surface area (Å²) in [6, 6.07) is 137. The van der Waals surface area contributed by atoms with Gasteiger partial charge in [0, 0.05) is 81.7 Å². The molecule has 16 aromatic carbocycles. The summed E-state index contributed by atoms with van der Waals surface area (Å²) >= 11 is 1.90. The van der Waals surface area contributed by atoms with Crippen LogP contribution in [0.25, 0.3) is 77.2 Å². The predicted molar refractivity (Wildman–Crippen MR) is 466 cm³/mol. The zero-order chi connectivity index (χ0) is 74.7. The molecule has 112 heavy (non-hydrogen) atoms. The number of aromatic nitrogens is 2. The van der Waals surface area contributed by atoms with Gasteiger partial charge in [-0.05, 0) is 203 Å². The molecule has 4 nitrogen and oxygen atoms in total. The third-order valence-corrected chi connectivity index (χ3v) is 27.6. The molecule has 3 aliphatic heterocycles. The molecule has 0 amide bonds. The lowest BCUT2D eigenvalue weighted by atomic mass is 9.53. The lowest BCUT2D eigenvalue weighted by Crippen LogP contribution is -2.44. The number of rotatable bonds is 6. The van der Waals surface area contributed by atoms with Gasteiger partial charge in [0.25, 0.3) is 0 Å². The molecule has 18 aromatic rings. The Kier molecular flexibility index (Phi) is 13.7. The van der Waals surface area contributed by atoms with Crippen LogP contribution in [0.15, 0.2) is 374 Å². The van der Waals surface area contributed by atoms with E-state index in [4.69, 9.17) is 0 Å². The average molecular weight is 1450 g/mol. The van der Waals surface area contributed by atoms with Gasteiger partial charge in [-0.1, -0.05) is 314 Å². The Morgan fingerprint density at radius 3 is 1.08 bits per heavy atom. The molecule has 2 atom stereocenters. The van der Waals surface area contributed by atoms with E-state index in [0.29, 0.717) is 0 Å². The van der Waals surface area contributed by atoms with Gasteiger partial charge in [0.15, 0.2) is 0 Å². The second kappa shape index (κ2) is 23.6. The number of anilines is 6. The molecule has 5 heterocycles. The second-order valence-electron chi connectivity index (χ2n) is 33.0. The van der Waals surface area contributed by atoms with E-state index in [0.717, 1.165) is 22.7 Å². The van der Waals surface area contributed by atoms with Crippen LogP contribution in [-0.4, -0.2) is 9.13 Å². The summed E-state index contributed by atoms with van der Waals surface area (Å²) in [6.07, 6.45) is 0. The van der Waals surface area contributed by atoms with Gasteiger partial charge in [-0.25, -0.2) is 0 Å². The highest BCUT2D eigenvalue weighted by molar-refractivity contribution is 7.99. The number of hydrogen-bond donors (Lipinski definition) is 0. The largest absolute Gasteiger partial charge is 0.310 e. The highest BCUT2D eigenvalue weighted by Crippen LogP contribution is 2.65. The van der Waals surface area contributed by atoms with Gasteiger partial charge in [0.2, 0.25) is 0 Å². The van der Waals surface area contributed by atoms with Gasteiger partial charge < -0.3 is 18.9 Å². The highest BCUT2D eigenvalue weighted by atomic mass is 32.2. The van der Waals surface area contributed by atoms with Gasteiger partial charge in [-0.3, -0.25) is 0 Å². The van der Waals surface area contributed by atoms with Gasteiger partial charge in [-0.2, -0.15) is 0 Å². The first-order chi connectivity index (χ1) is 54.9. The van der Waals surface area contributed by atoms with Gasteiger partial charge in [0.05, 0.1) is 44.3 Å². The van der Waals surface area contributed by atoms with Crippen molar-refractivity contribution in [2.75, 3.05) is 9.80 Å². The third-order valence-electron chi connectivity index (χ3n) is 26.5. The summed E-state index contributed by atoms with van der Waals surface area (Å²) in [5, 5.41) is 5.18. The molecule has 2 aromatic heterocycles.